The first-order valence-corrected chi connectivity index (χ1v) is 12.4. The first-order valence-electron chi connectivity index (χ1n) is 12.4. The second kappa shape index (κ2) is 10.4. The number of hydrazine groups is 1. The zero-order valence-corrected chi connectivity index (χ0v) is 20.4. The van der Waals surface area contributed by atoms with Crippen molar-refractivity contribution >= 4 is 17.6 Å². The monoisotopic (exact) mass is 492 g/mol. The van der Waals surface area contributed by atoms with Gasteiger partial charge in [0.1, 0.15) is 12.4 Å². The molecule has 0 aliphatic carbocycles. The molecule has 6 rings (SSSR count). The number of nitrogens with zero attached hydrogens (tertiary/aromatic N) is 3. The van der Waals surface area contributed by atoms with Gasteiger partial charge < -0.3 is 10.1 Å². The molecule has 37 heavy (non-hydrogen) atoms. The molecule has 0 saturated carbocycles. The normalized spacial score (nSPS) is 15.0. The maximum atomic E-state index is 12.6. The molecule has 1 fully saturated rings. The second-order valence-electron chi connectivity index (χ2n) is 9.35. The number of rotatable bonds is 6. The lowest BCUT2D eigenvalue weighted by atomic mass is 10.0. The molecule has 0 radical (unpaired) electrons. The van der Waals surface area contributed by atoms with E-state index in [0.717, 1.165) is 46.8 Å². The van der Waals surface area contributed by atoms with Crippen molar-refractivity contribution in [2.75, 3.05) is 18.4 Å². The van der Waals surface area contributed by atoms with Crippen LogP contribution in [-0.2, 0) is 24.4 Å². The fourth-order valence-electron chi connectivity index (χ4n) is 4.73. The van der Waals surface area contributed by atoms with Crippen LogP contribution in [0.1, 0.15) is 28.2 Å². The largest absolute Gasteiger partial charge is 0.445 e. The lowest BCUT2D eigenvalue weighted by Gasteiger charge is -2.15. The molecule has 2 aliphatic rings. The van der Waals surface area contributed by atoms with Crippen molar-refractivity contribution in [2.24, 2.45) is 0 Å². The highest BCUT2D eigenvalue weighted by atomic mass is 16.6. The Hall–Kier alpha value is -4.27. The van der Waals surface area contributed by atoms with E-state index in [-0.39, 0.29) is 12.7 Å². The number of carbonyl (C=O) groups excluding carboxylic acids is 1. The van der Waals surface area contributed by atoms with Gasteiger partial charge in [-0.25, -0.2) is 14.8 Å². The van der Waals surface area contributed by atoms with Crippen LogP contribution >= 0.6 is 0 Å². The number of ether oxygens (including phenoxy) is 1. The molecule has 186 valence electrons. The predicted octanol–water partition coefficient (Wildman–Crippen LogP) is 4.73. The van der Waals surface area contributed by atoms with E-state index in [2.05, 4.69) is 51.5 Å². The standard InChI is InChI=1S/C29H28N6O2/c36-29(37-19-20-4-2-1-3-5-20)35-17-23-7-6-22(14-24(23)18-35)28-30-13-12-27(34-28)33-26-10-8-21(9-11-26)25-15-31-32-16-25/h1-14,25,31-32H,15-19H2,(H,30,33,34). The first kappa shape index (κ1) is 23.1. The quantitative estimate of drug-likeness (QED) is 0.358. The highest BCUT2D eigenvalue weighted by molar-refractivity contribution is 5.70. The Morgan fingerprint density at radius 1 is 0.946 bits per heavy atom. The van der Waals surface area contributed by atoms with Crippen LogP contribution in [0.5, 0.6) is 0 Å². The van der Waals surface area contributed by atoms with E-state index in [9.17, 15) is 4.79 Å². The molecule has 1 aromatic heterocycles. The molecule has 0 spiro atoms. The molecular weight excluding hydrogens is 464 g/mol. The van der Waals surface area contributed by atoms with Gasteiger partial charge in [-0.1, -0.05) is 54.6 Å². The highest BCUT2D eigenvalue weighted by Gasteiger charge is 2.25. The average molecular weight is 493 g/mol. The van der Waals surface area contributed by atoms with Crippen LogP contribution in [0.4, 0.5) is 16.3 Å². The molecule has 3 aromatic carbocycles. The molecule has 1 amide bonds. The summed E-state index contributed by atoms with van der Waals surface area (Å²) in [6, 6.07) is 26.2. The third-order valence-corrected chi connectivity index (χ3v) is 6.78. The number of fused-ring (bicyclic) bond motifs is 1. The minimum atomic E-state index is -0.310. The number of aromatic nitrogens is 2. The smallest absolute Gasteiger partial charge is 0.410 e. The van der Waals surface area contributed by atoms with Crippen LogP contribution < -0.4 is 16.2 Å². The topological polar surface area (TPSA) is 91.4 Å². The summed E-state index contributed by atoms with van der Waals surface area (Å²) in [6.07, 6.45) is 1.45. The molecule has 8 nitrogen and oxygen atoms in total. The molecular formula is C29H28N6O2. The zero-order chi connectivity index (χ0) is 25.0. The molecule has 8 heteroatoms. The van der Waals surface area contributed by atoms with Crippen molar-refractivity contribution in [3.05, 3.63) is 107 Å². The van der Waals surface area contributed by atoms with E-state index in [1.807, 2.05) is 48.5 Å². The van der Waals surface area contributed by atoms with Gasteiger partial charge in [0.25, 0.3) is 0 Å². The third-order valence-electron chi connectivity index (χ3n) is 6.78. The SMILES string of the molecule is O=C(OCc1ccccc1)N1Cc2ccc(-c3nccc(Nc4ccc(C5CNNC5)cc4)n3)cc2C1. The van der Waals surface area contributed by atoms with Crippen LogP contribution in [0.2, 0.25) is 0 Å². The fourth-order valence-corrected chi connectivity index (χ4v) is 4.73. The van der Waals surface area contributed by atoms with E-state index >= 15 is 0 Å². The predicted molar refractivity (Wildman–Crippen MR) is 142 cm³/mol. The van der Waals surface area contributed by atoms with Gasteiger partial charge in [0, 0.05) is 49.5 Å². The molecule has 2 aliphatic heterocycles. The number of hydrogen-bond donors (Lipinski definition) is 3. The first-order chi connectivity index (χ1) is 18.2. The number of nitrogens with one attached hydrogen (secondary N) is 3. The Morgan fingerprint density at radius 3 is 2.54 bits per heavy atom. The van der Waals surface area contributed by atoms with Crippen molar-refractivity contribution in [3.63, 3.8) is 0 Å². The van der Waals surface area contributed by atoms with Crippen LogP contribution in [0, 0.1) is 0 Å². The lowest BCUT2D eigenvalue weighted by Crippen LogP contribution is -2.25. The number of benzene rings is 3. The molecule has 0 bridgehead atoms. The summed E-state index contributed by atoms with van der Waals surface area (Å²) in [5.41, 5.74) is 12.7. The van der Waals surface area contributed by atoms with Crippen molar-refractivity contribution in [1.29, 1.82) is 0 Å². The second-order valence-corrected chi connectivity index (χ2v) is 9.35. The third kappa shape index (κ3) is 5.30. The van der Waals surface area contributed by atoms with Gasteiger partial charge in [0.05, 0.1) is 0 Å². The Bertz CT molecular complexity index is 1390. The van der Waals surface area contributed by atoms with Crippen molar-refractivity contribution in [1.82, 2.24) is 25.7 Å². The van der Waals surface area contributed by atoms with Gasteiger partial charge in [-0.05, 0) is 46.5 Å². The van der Waals surface area contributed by atoms with Gasteiger partial charge in [-0.2, -0.15) is 0 Å². The van der Waals surface area contributed by atoms with Gasteiger partial charge in [-0.15, -0.1) is 0 Å². The Kier molecular flexibility index (Phi) is 6.49. The number of carbonyl (C=O) groups is 1. The summed E-state index contributed by atoms with van der Waals surface area (Å²) in [5, 5.41) is 3.38. The van der Waals surface area contributed by atoms with Crippen LogP contribution in [0.15, 0.2) is 85.1 Å². The molecule has 4 aromatic rings. The van der Waals surface area contributed by atoms with Gasteiger partial charge in [0.15, 0.2) is 5.82 Å². The fraction of sp³-hybridized carbons (Fsp3) is 0.207. The van der Waals surface area contributed by atoms with Crippen molar-refractivity contribution in [2.45, 2.75) is 25.6 Å². The summed E-state index contributed by atoms with van der Waals surface area (Å²) in [7, 11) is 0. The Morgan fingerprint density at radius 2 is 1.73 bits per heavy atom. The summed E-state index contributed by atoms with van der Waals surface area (Å²) in [4.78, 5) is 23.6. The van der Waals surface area contributed by atoms with E-state index in [4.69, 9.17) is 9.72 Å². The maximum absolute atomic E-state index is 12.6. The number of anilines is 2. The van der Waals surface area contributed by atoms with E-state index in [0.29, 0.717) is 24.8 Å². The van der Waals surface area contributed by atoms with E-state index < -0.39 is 0 Å². The van der Waals surface area contributed by atoms with Gasteiger partial charge in [0.2, 0.25) is 0 Å². The molecule has 1 saturated heterocycles. The molecule has 3 N–H and O–H groups in total. The lowest BCUT2D eigenvalue weighted by molar-refractivity contribution is 0.0955. The van der Waals surface area contributed by atoms with E-state index in [1.54, 1.807) is 11.1 Å². The average Bonchev–Trinajstić information content (AvgIpc) is 3.63. The molecule has 0 unspecified atom stereocenters. The van der Waals surface area contributed by atoms with Crippen LogP contribution in [0.3, 0.4) is 0 Å². The van der Waals surface area contributed by atoms with Gasteiger partial charge >= 0.3 is 6.09 Å². The number of amides is 1. The Balaban J connectivity index is 1.11. The summed E-state index contributed by atoms with van der Waals surface area (Å²) < 4.78 is 5.51. The minimum absolute atomic E-state index is 0.267. The van der Waals surface area contributed by atoms with Gasteiger partial charge in [-0.3, -0.25) is 15.8 Å². The van der Waals surface area contributed by atoms with Crippen molar-refractivity contribution in [3.8, 4) is 11.4 Å². The minimum Gasteiger partial charge on any atom is -0.445 e. The van der Waals surface area contributed by atoms with E-state index in [1.165, 1.54) is 5.56 Å². The Labute approximate surface area is 215 Å². The molecule has 0 atom stereocenters. The highest BCUT2D eigenvalue weighted by Crippen LogP contribution is 2.28. The van der Waals surface area contributed by atoms with Crippen LogP contribution in [-0.4, -0.2) is 34.1 Å². The summed E-state index contributed by atoms with van der Waals surface area (Å²) >= 11 is 0. The number of hydrogen-bond acceptors (Lipinski definition) is 7. The summed E-state index contributed by atoms with van der Waals surface area (Å²) in [6.45, 7) is 3.19. The van der Waals surface area contributed by atoms with Crippen molar-refractivity contribution < 1.29 is 9.53 Å². The summed E-state index contributed by atoms with van der Waals surface area (Å²) in [5.74, 6) is 1.85. The zero-order valence-electron chi connectivity index (χ0n) is 20.4. The molecule has 3 heterocycles. The van der Waals surface area contributed by atoms with Crippen LogP contribution in [0.25, 0.3) is 11.4 Å². The maximum Gasteiger partial charge on any atom is 0.410 e.